The topological polar surface area (TPSA) is 81.3 Å². The molecule has 7 heteroatoms. The summed E-state index contributed by atoms with van der Waals surface area (Å²) in [5.41, 5.74) is -0.231. The Bertz CT molecular complexity index is 425. The van der Waals surface area contributed by atoms with Crippen LogP contribution in [-0.4, -0.2) is 48.4 Å². The van der Waals surface area contributed by atoms with Crippen molar-refractivity contribution in [1.29, 1.82) is 0 Å². The summed E-state index contributed by atoms with van der Waals surface area (Å²) in [6.07, 6.45) is 1.68. The molecule has 2 heterocycles. The van der Waals surface area contributed by atoms with Crippen molar-refractivity contribution in [3.63, 3.8) is 0 Å². The third-order valence-corrected chi connectivity index (χ3v) is 7.54. The summed E-state index contributed by atoms with van der Waals surface area (Å²) in [6.45, 7) is 7.38. The van der Waals surface area contributed by atoms with Crippen LogP contribution in [0.3, 0.4) is 0 Å². The third kappa shape index (κ3) is 3.44. The summed E-state index contributed by atoms with van der Waals surface area (Å²) in [7, 11) is -3.02. The molecule has 19 heavy (non-hydrogen) atoms. The Morgan fingerprint density at radius 2 is 1.89 bits per heavy atom. The van der Waals surface area contributed by atoms with E-state index in [1.165, 1.54) is 0 Å². The van der Waals surface area contributed by atoms with Gasteiger partial charge in [0, 0.05) is 16.8 Å². The van der Waals surface area contributed by atoms with Gasteiger partial charge in [0.1, 0.15) is 4.75 Å². The van der Waals surface area contributed by atoms with E-state index in [4.69, 9.17) is 0 Å². The smallest absolute Gasteiger partial charge is 0.152 e. The fourth-order valence-corrected chi connectivity index (χ4v) is 6.39. The molecular formula is C12H24N2O3S2. The molecule has 0 aromatic rings. The molecule has 0 aromatic heterocycles. The maximum absolute atomic E-state index is 12.2. The quantitative estimate of drug-likeness (QED) is 0.713. The maximum atomic E-state index is 12.2. The SMILES string of the molecule is CC(C)(C)[S@@+]([O-])NC1CS(=O)(=O)CC12CCNCC2. The molecule has 1 spiro atoms. The van der Waals surface area contributed by atoms with Crippen molar-refractivity contribution < 1.29 is 13.0 Å². The average Bonchev–Trinajstić information content (AvgIpc) is 2.49. The second-order valence-corrected chi connectivity index (χ2v) is 10.8. The standard InChI is InChI=1S/C12H24N2O3S2/c1-11(2,3)18(15)14-10-8-19(16,17)9-12(10)4-6-13-7-5-12/h10,13-14H,4-9H2,1-3H3/t10?,18-/m1/s1. The second-order valence-electron chi connectivity index (χ2n) is 6.72. The van der Waals surface area contributed by atoms with Crippen LogP contribution in [-0.2, 0) is 21.2 Å². The van der Waals surface area contributed by atoms with Crippen LogP contribution in [0, 0.1) is 5.41 Å². The molecule has 2 atom stereocenters. The Labute approximate surface area is 119 Å². The molecule has 0 radical (unpaired) electrons. The highest BCUT2D eigenvalue weighted by Crippen LogP contribution is 2.41. The fraction of sp³-hybridized carbons (Fsp3) is 1.00. The highest BCUT2D eigenvalue weighted by Gasteiger charge is 2.52. The minimum absolute atomic E-state index is 0.120. The number of piperidine rings is 1. The molecule has 112 valence electrons. The lowest BCUT2D eigenvalue weighted by molar-refractivity contribution is 0.198. The highest BCUT2D eigenvalue weighted by molar-refractivity contribution is 7.92. The summed E-state index contributed by atoms with van der Waals surface area (Å²) >= 11 is -1.22. The third-order valence-electron chi connectivity index (χ3n) is 4.07. The van der Waals surface area contributed by atoms with E-state index in [-0.39, 0.29) is 27.7 Å². The zero-order chi connectivity index (χ0) is 14.3. The number of hydrogen-bond acceptors (Lipinski definition) is 5. The Balaban J connectivity index is 2.17. The van der Waals surface area contributed by atoms with E-state index >= 15 is 0 Å². The van der Waals surface area contributed by atoms with Crippen LogP contribution in [0.1, 0.15) is 33.6 Å². The van der Waals surface area contributed by atoms with Crippen LogP contribution in [0.25, 0.3) is 0 Å². The molecule has 0 saturated carbocycles. The first-order valence-electron chi connectivity index (χ1n) is 6.74. The molecule has 2 aliphatic rings. The lowest BCUT2D eigenvalue weighted by Gasteiger charge is -2.39. The molecule has 1 unspecified atom stereocenters. The van der Waals surface area contributed by atoms with E-state index in [1.54, 1.807) is 0 Å². The normalized spacial score (nSPS) is 31.5. The van der Waals surface area contributed by atoms with E-state index in [1.807, 2.05) is 20.8 Å². The monoisotopic (exact) mass is 308 g/mol. The molecular weight excluding hydrogens is 284 g/mol. The maximum Gasteiger partial charge on any atom is 0.152 e. The van der Waals surface area contributed by atoms with Gasteiger partial charge in [-0.2, -0.15) is 0 Å². The molecule has 2 aliphatic heterocycles. The van der Waals surface area contributed by atoms with Crippen molar-refractivity contribution in [2.45, 2.75) is 44.4 Å². The first-order chi connectivity index (χ1) is 8.65. The molecule has 2 N–H and O–H groups in total. The van der Waals surface area contributed by atoms with Gasteiger partial charge in [0.2, 0.25) is 0 Å². The summed E-state index contributed by atoms with van der Waals surface area (Å²) in [5, 5.41) is 3.27. The van der Waals surface area contributed by atoms with Gasteiger partial charge in [0.25, 0.3) is 0 Å². The van der Waals surface area contributed by atoms with Gasteiger partial charge in [-0.05, 0) is 46.7 Å². The van der Waals surface area contributed by atoms with E-state index < -0.39 is 21.2 Å². The van der Waals surface area contributed by atoms with Crippen LogP contribution in [0.5, 0.6) is 0 Å². The Kier molecular flexibility index (Phi) is 4.25. The summed E-state index contributed by atoms with van der Waals surface area (Å²) in [4.78, 5) is 0. The molecule has 0 amide bonds. The largest absolute Gasteiger partial charge is 0.598 e. The van der Waals surface area contributed by atoms with Crippen molar-refractivity contribution in [1.82, 2.24) is 10.0 Å². The van der Waals surface area contributed by atoms with Gasteiger partial charge in [-0.1, -0.05) is 0 Å². The van der Waals surface area contributed by atoms with Crippen molar-refractivity contribution in [3.8, 4) is 0 Å². The van der Waals surface area contributed by atoms with Gasteiger partial charge in [-0.25, -0.2) is 8.42 Å². The Morgan fingerprint density at radius 1 is 1.32 bits per heavy atom. The van der Waals surface area contributed by atoms with Gasteiger partial charge < -0.3 is 9.87 Å². The molecule has 0 aromatic carbocycles. The van der Waals surface area contributed by atoms with Crippen molar-refractivity contribution in [3.05, 3.63) is 0 Å². The van der Waals surface area contributed by atoms with E-state index in [0.717, 1.165) is 25.9 Å². The van der Waals surface area contributed by atoms with Crippen molar-refractivity contribution >= 4 is 21.2 Å². The first kappa shape index (κ1) is 15.6. The molecule has 0 bridgehead atoms. The average molecular weight is 308 g/mol. The zero-order valence-corrected chi connectivity index (χ0v) is 13.5. The van der Waals surface area contributed by atoms with Crippen LogP contribution in [0.15, 0.2) is 0 Å². The fourth-order valence-electron chi connectivity index (χ4n) is 2.91. The van der Waals surface area contributed by atoms with Gasteiger partial charge in [-0.15, -0.1) is 4.72 Å². The van der Waals surface area contributed by atoms with Crippen LogP contribution in [0.2, 0.25) is 0 Å². The van der Waals surface area contributed by atoms with Crippen LogP contribution in [0.4, 0.5) is 0 Å². The van der Waals surface area contributed by atoms with Crippen molar-refractivity contribution in [2.24, 2.45) is 5.41 Å². The highest BCUT2D eigenvalue weighted by atomic mass is 32.2. The zero-order valence-electron chi connectivity index (χ0n) is 11.9. The first-order valence-corrected chi connectivity index (χ1v) is 9.71. The Morgan fingerprint density at radius 3 is 2.42 bits per heavy atom. The lowest BCUT2D eigenvalue weighted by Crippen LogP contribution is -2.54. The predicted molar refractivity (Wildman–Crippen MR) is 78.0 cm³/mol. The van der Waals surface area contributed by atoms with E-state index in [0.29, 0.717) is 0 Å². The lowest BCUT2D eigenvalue weighted by atomic mass is 9.76. The summed E-state index contributed by atoms with van der Waals surface area (Å²) in [5.74, 6) is 0.357. The molecule has 5 nitrogen and oxygen atoms in total. The number of nitrogens with one attached hydrogen (secondary N) is 2. The van der Waals surface area contributed by atoms with E-state index in [9.17, 15) is 13.0 Å². The molecule has 2 saturated heterocycles. The molecule has 2 rings (SSSR count). The minimum atomic E-state index is -3.02. The number of sulfone groups is 1. The molecule has 2 fully saturated rings. The van der Waals surface area contributed by atoms with Gasteiger partial charge in [0.05, 0.1) is 17.5 Å². The van der Waals surface area contributed by atoms with Gasteiger partial charge in [0.15, 0.2) is 9.84 Å². The number of rotatable bonds is 2. The van der Waals surface area contributed by atoms with Crippen LogP contribution >= 0.6 is 0 Å². The van der Waals surface area contributed by atoms with Gasteiger partial charge in [-0.3, -0.25) is 0 Å². The predicted octanol–water partition coefficient (Wildman–Crippen LogP) is 0.205. The Hall–Kier alpha value is 0.180. The van der Waals surface area contributed by atoms with Crippen molar-refractivity contribution in [2.75, 3.05) is 24.6 Å². The van der Waals surface area contributed by atoms with Gasteiger partial charge >= 0.3 is 0 Å². The summed E-state index contributed by atoms with van der Waals surface area (Å²) < 4.78 is 38.9. The summed E-state index contributed by atoms with van der Waals surface area (Å²) in [6, 6.07) is -0.181. The minimum Gasteiger partial charge on any atom is -0.598 e. The van der Waals surface area contributed by atoms with Crippen LogP contribution < -0.4 is 10.0 Å². The second kappa shape index (κ2) is 5.18. The number of hydrogen-bond donors (Lipinski definition) is 2. The molecule has 0 aliphatic carbocycles. The van der Waals surface area contributed by atoms with E-state index in [2.05, 4.69) is 10.0 Å².